The predicted octanol–water partition coefficient (Wildman–Crippen LogP) is 3.59. The monoisotopic (exact) mass is 311 g/mol. The summed E-state index contributed by atoms with van der Waals surface area (Å²) in [4.78, 5) is 3.98. The number of benzene rings is 1. The normalized spacial score (nSPS) is 26.6. The highest BCUT2D eigenvalue weighted by atomic mass is 35.5. The molecule has 1 aliphatic rings. The summed E-state index contributed by atoms with van der Waals surface area (Å²) in [6.45, 7) is 0. The average molecular weight is 312 g/mol. The van der Waals surface area contributed by atoms with Crippen molar-refractivity contribution in [1.29, 1.82) is 0 Å². The second-order valence-electron chi connectivity index (χ2n) is 5.19. The maximum Gasteiger partial charge on any atom is 0.137 e. The number of rotatable bonds is 2. The molecule has 2 atom stereocenters. The first-order valence-electron chi connectivity index (χ1n) is 6.63. The van der Waals surface area contributed by atoms with E-state index in [1.54, 1.807) is 29.2 Å². The first kappa shape index (κ1) is 13.9. The molecule has 0 amide bonds. The number of aromatic nitrogens is 3. The van der Waals surface area contributed by atoms with E-state index in [0.717, 1.165) is 19.3 Å². The summed E-state index contributed by atoms with van der Waals surface area (Å²) in [5.74, 6) is 0. The summed E-state index contributed by atoms with van der Waals surface area (Å²) in [6, 6.07) is 5.08. The highest BCUT2D eigenvalue weighted by Gasteiger charge is 2.43. The van der Waals surface area contributed by atoms with Crippen molar-refractivity contribution in [2.24, 2.45) is 0 Å². The molecule has 0 radical (unpaired) electrons. The Bertz CT molecular complexity index is 602. The molecule has 0 aliphatic heterocycles. The second-order valence-corrected chi connectivity index (χ2v) is 6.03. The van der Waals surface area contributed by atoms with Crippen LogP contribution in [0.15, 0.2) is 30.9 Å². The Balaban J connectivity index is 2.06. The van der Waals surface area contributed by atoms with Gasteiger partial charge in [0, 0.05) is 15.6 Å². The minimum Gasteiger partial charge on any atom is -0.383 e. The molecule has 6 heteroatoms. The van der Waals surface area contributed by atoms with Crippen LogP contribution in [0.3, 0.4) is 0 Å². The predicted molar refractivity (Wildman–Crippen MR) is 77.9 cm³/mol. The van der Waals surface area contributed by atoms with Crippen molar-refractivity contribution >= 4 is 23.2 Å². The molecule has 0 bridgehead atoms. The van der Waals surface area contributed by atoms with Crippen LogP contribution in [0.1, 0.15) is 37.3 Å². The molecule has 1 aliphatic carbocycles. The Morgan fingerprint density at radius 1 is 1.30 bits per heavy atom. The van der Waals surface area contributed by atoms with Gasteiger partial charge in [-0.05, 0) is 25.0 Å². The highest BCUT2D eigenvalue weighted by Crippen LogP contribution is 2.46. The van der Waals surface area contributed by atoms with E-state index in [9.17, 15) is 5.11 Å². The van der Waals surface area contributed by atoms with Gasteiger partial charge in [-0.25, -0.2) is 9.67 Å². The molecule has 3 rings (SSSR count). The van der Waals surface area contributed by atoms with Crippen LogP contribution in [-0.4, -0.2) is 19.9 Å². The van der Waals surface area contributed by atoms with E-state index in [2.05, 4.69) is 10.1 Å². The van der Waals surface area contributed by atoms with Crippen LogP contribution in [0.4, 0.5) is 0 Å². The van der Waals surface area contributed by atoms with Gasteiger partial charge in [0.15, 0.2) is 0 Å². The Morgan fingerprint density at radius 3 is 2.85 bits per heavy atom. The van der Waals surface area contributed by atoms with Crippen LogP contribution < -0.4 is 0 Å². The number of hydrogen-bond donors (Lipinski definition) is 1. The Labute approximate surface area is 127 Å². The fourth-order valence-electron chi connectivity index (χ4n) is 3.02. The third kappa shape index (κ3) is 2.32. The highest BCUT2D eigenvalue weighted by molar-refractivity contribution is 6.35. The van der Waals surface area contributed by atoms with Gasteiger partial charge >= 0.3 is 0 Å². The van der Waals surface area contributed by atoms with E-state index in [4.69, 9.17) is 23.2 Å². The zero-order valence-electron chi connectivity index (χ0n) is 10.8. The second kappa shape index (κ2) is 5.35. The molecule has 1 heterocycles. The molecular weight excluding hydrogens is 297 g/mol. The van der Waals surface area contributed by atoms with E-state index in [1.165, 1.54) is 6.33 Å². The van der Waals surface area contributed by atoms with Crippen LogP contribution >= 0.6 is 23.2 Å². The lowest BCUT2D eigenvalue weighted by molar-refractivity contribution is -0.0515. The first-order chi connectivity index (χ1) is 9.61. The van der Waals surface area contributed by atoms with Gasteiger partial charge in [0.2, 0.25) is 0 Å². The lowest BCUT2D eigenvalue weighted by Crippen LogP contribution is -2.40. The zero-order chi connectivity index (χ0) is 14.2. The van der Waals surface area contributed by atoms with E-state index in [1.807, 2.05) is 0 Å². The molecular formula is C14H15Cl2N3O. The van der Waals surface area contributed by atoms with Gasteiger partial charge in [-0.2, -0.15) is 5.10 Å². The van der Waals surface area contributed by atoms with Gasteiger partial charge < -0.3 is 5.11 Å². The fraction of sp³-hybridized carbons (Fsp3) is 0.429. The minimum atomic E-state index is -1.03. The van der Waals surface area contributed by atoms with Gasteiger partial charge in [0.25, 0.3) is 0 Å². The molecule has 0 saturated heterocycles. The van der Waals surface area contributed by atoms with Gasteiger partial charge in [-0.3, -0.25) is 0 Å². The van der Waals surface area contributed by atoms with Crippen molar-refractivity contribution < 1.29 is 5.11 Å². The molecule has 20 heavy (non-hydrogen) atoms. The molecule has 4 nitrogen and oxygen atoms in total. The molecule has 1 fully saturated rings. The Morgan fingerprint density at radius 2 is 2.15 bits per heavy atom. The van der Waals surface area contributed by atoms with Crippen molar-refractivity contribution in [2.45, 2.75) is 37.3 Å². The third-order valence-corrected chi connectivity index (χ3v) is 4.54. The summed E-state index contributed by atoms with van der Waals surface area (Å²) in [5, 5.41) is 16.5. The Hall–Kier alpha value is -1.10. The van der Waals surface area contributed by atoms with Crippen molar-refractivity contribution in [2.75, 3.05) is 0 Å². The van der Waals surface area contributed by atoms with Crippen molar-refractivity contribution in [3.63, 3.8) is 0 Å². The van der Waals surface area contributed by atoms with Gasteiger partial charge in [-0.15, -0.1) is 0 Å². The summed E-state index contributed by atoms with van der Waals surface area (Å²) in [5.41, 5.74) is -0.322. The average Bonchev–Trinajstić information content (AvgIpc) is 2.92. The van der Waals surface area contributed by atoms with Gasteiger partial charge in [0.05, 0.1) is 6.04 Å². The molecule has 1 aromatic heterocycles. The quantitative estimate of drug-likeness (QED) is 0.922. The van der Waals surface area contributed by atoms with Crippen LogP contribution in [-0.2, 0) is 5.60 Å². The van der Waals surface area contributed by atoms with E-state index in [-0.39, 0.29) is 6.04 Å². The SMILES string of the molecule is OC1(c2ccc(Cl)cc2Cl)CCCCC1n1cncn1. The lowest BCUT2D eigenvalue weighted by atomic mass is 9.76. The van der Waals surface area contributed by atoms with Crippen LogP contribution in [0, 0.1) is 0 Å². The standard InChI is InChI=1S/C14H15Cl2N3O/c15-10-4-5-11(12(16)7-10)14(20)6-2-1-3-13(14)19-9-17-8-18-19/h4-5,7-9,13,20H,1-3,6H2. The summed E-state index contributed by atoms with van der Waals surface area (Å²) < 4.78 is 1.73. The molecule has 1 N–H and O–H groups in total. The molecule has 0 spiro atoms. The number of hydrogen-bond acceptors (Lipinski definition) is 3. The van der Waals surface area contributed by atoms with Crippen molar-refractivity contribution in [3.05, 3.63) is 46.5 Å². The van der Waals surface area contributed by atoms with Gasteiger partial charge in [-0.1, -0.05) is 42.1 Å². The third-order valence-electron chi connectivity index (χ3n) is 3.99. The summed E-state index contributed by atoms with van der Waals surface area (Å²) >= 11 is 12.2. The first-order valence-corrected chi connectivity index (χ1v) is 7.39. The maximum absolute atomic E-state index is 11.2. The Kier molecular flexibility index (Phi) is 3.71. The summed E-state index contributed by atoms with van der Waals surface area (Å²) in [6.07, 6.45) is 6.64. The summed E-state index contributed by atoms with van der Waals surface area (Å²) in [7, 11) is 0. The molecule has 2 aromatic rings. The van der Waals surface area contributed by atoms with E-state index >= 15 is 0 Å². The van der Waals surface area contributed by atoms with Crippen molar-refractivity contribution in [3.8, 4) is 0 Å². The zero-order valence-corrected chi connectivity index (χ0v) is 12.3. The largest absolute Gasteiger partial charge is 0.383 e. The number of halogens is 2. The number of aliphatic hydroxyl groups is 1. The topological polar surface area (TPSA) is 50.9 Å². The molecule has 1 saturated carbocycles. The van der Waals surface area contributed by atoms with Crippen LogP contribution in [0.25, 0.3) is 0 Å². The smallest absolute Gasteiger partial charge is 0.137 e. The van der Waals surface area contributed by atoms with E-state index < -0.39 is 5.60 Å². The minimum absolute atomic E-state index is 0.155. The molecule has 1 aromatic carbocycles. The van der Waals surface area contributed by atoms with Crippen LogP contribution in [0.5, 0.6) is 0 Å². The molecule has 106 valence electrons. The van der Waals surface area contributed by atoms with Gasteiger partial charge in [0.1, 0.15) is 18.3 Å². The number of nitrogens with zero attached hydrogens (tertiary/aromatic N) is 3. The van der Waals surface area contributed by atoms with Crippen molar-refractivity contribution in [1.82, 2.24) is 14.8 Å². The lowest BCUT2D eigenvalue weighted by Gasteiger charge is -2.40. The fourth-order valence-corrected chi connectivity index (χ4v) is 3.59. The van der Waals surface area contributed by atoms with E-state index in [0.29, 0.717) is 22.0 Å². The maximum atomic E-state index is 11.2. The van der Waals surface area contributed by atoms with Crippen LogP contribution in [0.2, 0.25) is 10.0 Å². The molecule has 2 unspecified atom stereocenters.